The third-order valence-corrected chi connectivity index (χ3v) is 6.49. The minimum atomic E-state index is -0.525. The molecule has 2 heterocycles. The van der Waals surface area contributed by atoms with Crippen LogP contribution in [0.2, 0.25) is 0 Å². The van der Waals surface area contributed by atoms with Crippen molar-refractivity contribution in [1.82, 2.24) is 19.6 Å². The standard InChI is InChI=1S/C29H28N4O4/c1-36-23-12-8-20(9-13-23)18-32-28(34)25(16-30-32)27(22-6-4-3-5-7-22)26-17-31-33(29(26)35)19-21-10-14-24(37-2)15-11-21/h3-17,27,30-31H,18-19H2,1-2H3. The zero-order valence-corrected chi connectivity index (χ0v) is 20.7. The van der Waals surface area contributed by atoms with Crippen molar-refractivity contribution in [1.29, 1.82) is 0 Å². The van der Waals surface area contributed by atoms with Crippen LogP contribution in [0.25, 0.3) is 0 Å². The van der Waals surface area contributed by atoms with Crippen LogP contribution in [0, 0.1) is 0 Å². The van der Waals surface area contributed by atoms with Crippen molar-refractivity contribution in [2.75, 3.05) is 14.2 Å². The molecular formula is C29H28N4O4. The van der Waals surface area contributed by atoms with Crippen molar-refractivity contribution < 1.29 is 9.47 Å². The molecule has 0 atom stereocenters. The third-order valence-electron chi connectivity index (χ3n) is 6.49. The fourth-order valence-corrected chi connectivity index (χ4v) is 4.50. The molecule has 0 bridgehead atoms. The van der Waals surface area contributed by atoms with E-state index in [0.717, 1.165) is 28.2 Å². The van der Waals surface area contributed by atoms with Gasteiger partial charge in [0.2, 0.25) is 0 Å². The van der Waals surface area contributed by atoms with E-state index in [2.05, 4.69) is 10.2 Å². The molecule has 2 N–H and O–H groups in total. The Morgan fingerprint density at radius 2 is 1.08 bits per heavy atom. The largest absolute Gasteiger partial charge is 0.497 e. The Morgan fingerprint density at radius 1 is 0.649 bits per heavy atom. The van der Waals surface area contributed by atoms with Gasteiger partial charge < -0.3 is 19.7 Å². The van der Waals surface area contributed by atoms with E-state index >= 15 is 0 Å². The second-order valence-corrected chi connectivity index (χ2v) is 8.78. The minimum absolute atomic E-state index is 0.174. The van der Waals surface area contributed by atoms with Gasteiger partial charge in [-0.3, -0.25) is 9.59 Å². The lowest BCUT2D eigenvalue weighted by Crippen LogP contribution is -2.26. The number of rotatable bonds is 9. The van der Waals surface area contributed by atoms with Crippen LogP contribution in [0.4, 0.5) is 0 Å². The molecule has 0 radical (unpaired) electrons. The average molecular weight is 497 g/mol. The number of benzene rings is 3. The molecule has 0 amide bonds. The Morgan fingerprint density at radius 3 is 1.49 bits per heavy atom. The number of ether oxygens (including phenoxy) is 2. The third kappa shape index (κ3) is 4.99. The Labute approximate surface area is 213 Å². The molecular weight excluding hydrogens is 468 g/mol. The molecule has 5 aromatic rings. The first kappa shape index (κ1) is 24.0. The van der Waals surface area contributed by atoms with Crippen LogP contribution in [-0.2, 0) is 13.1 Å². The summed E-state index contributed by atoms with van der Waals surface area (Å²) < 4.78 is 13.5. The second-order valence-electron chi connectivity index (χ2n) is 8.78. The summed E-state index contributed by atoms with van der Waals surface area (Å²) in [5.74, 6) is 0.986. The van der Waals surface area contributed by atoms with Gasteiger partial charge in [0.15, 0.2) is 0 Å². The van der Waals surface area contributed by atoms with Gasteiger partial charge in [-0.1, -0.05) is 54.6 Å². The number of H-pyrrole nitrogens is 2. The van der Waals surface area contributed by atoms with Gasteiger partial charge in [-0.25, -0.2) is 9.36 Å². The topological polar surface area (TPSA) is 94.0 Å². The van der Waals surface area contributed by atoms with Crippen LogP contribution in [0.5, 0.6) is 11.5 Å². The predicted molar refractivity (Wildman–Crippen MR) is 142 cm³/mol. The number of nitrogens with zero attached hydrogens (tertiary/aromatic N) is 2. The number of hydrogen-bond donors (Lipinski definition) is 2. The van der Waals surface area contributed by atoms with E-state index in [9.17, 15) is 9.59 Å². The van der Waals surface area contributed by atoms with Crippen molar-refractivity contribution in [2.24, 2.45) is 0 Å². The van der Waals surface area contributed by atoms with Crippen LogP contribution in [0.1, 0.15) is 33.7 Å². The summed E-state index contributed by atoms with van der Waals surface area (Å²) in [5, 5.41) is 6.18. The van der Waals surface area contributed by atoms with Crippen LogP contribution in [-0.4, -0.2) is 33.8 Å². The SMILES string of the molecule is COc1ccc(Cn2[nH]cc(C(c3ccccc3)c3c[nH]n(Cc4ccc(OC)cc4)c3=O)c2=O)cc1. The van der Waals surface area contributed by atoms with Crippen LogP contribution < -0.4 is 20.6 Å². The normalized spacial score (nSPS) is 11.1. The summed E-state index contributed by atoms with van der Waals surface area (Å²) in [6.07, 6.45) is 3.40. The molecule has 0 spiro atoms. The van der Waals surface area contributed by atoms with Crippen LogP contribution in [0.15, 0.2) is 101 Å². The van der Waals surface area contributed by atoms with Gasteiger partial charge in [0.25, 0.3) is 11.1 Å². The summed E-state index contributed by atoms with van der Waals surface area (Å²) in [7, 11) is 3.24. The first-order chi connectivity index (χ1) is 18.1. The highest BCUT2D eigenvalue weighted by atomic mass is 16.5. The highest BCUT2D eigenvalue weighted by molar-refractivity contribution is 5.40. The molecule has 5 rings (SSSR count). The molecule has 0 fully saturated rings. The summed E-state index contributed by atoms with van der Waals surface area (Å²) in [5.41, 5.74) is 3.44. The molecule has 0 aliphatic rings. The fourth-order valence-electron chi connectivity index (χ4n) is 4.50. The first-order valence-corrected chi connectivity index (χ1v) is 11.9. The molecule has 8 heteroatoms. The van der Waals surface area contributed by atoms with Gasteiger partial charge in [0.05, 0.1) is 27.3 Å². The van der Waals surface area contributed by atoms with Gasteiger partial charge in [-0.2, -0.15) is 0 Å². The maximum atomic E-state index is 13.5. The zero-order valence-electron chi connectivity index (χ0n) is 20.7. The lowest BCUT2D eigenvalue weighted by Gasteiger charge is -2.13. The average Bonchev–Trinajstić information content (AvgIpc) is 3.48. The molecule has 0 saturated heterocycles. The first-order valence-electron chi connectivity index (χ1n) is 11.9. The lowest BCUT2D eigenvalue weighted by atomic mass is 9.88. The molecule has 37 heavy (non-hydrogen) atoms. The van der Waals surface area contributed by atoms with Crippen molar-refractivity contribution in [3.63, 3.8) is 0 Å². The van der Waals surface area contributed by atoms with Crippen LogP contribution in [0.3, 0.4) is 0 Å². The molecule has 0 aliphatic heterocycles. The summed E-state index contributed by atoms with van der Waals surface area (Å²) in [4.78, 5) is 27.1. The highest BCUT2D eigenvalue weighted by Gasteiger charge is 2.26. The van der Waals surface area contributed by atoms with Gasteiger partial charge in [0.1, 0.15) is 11.5 Å². The van der Waals surface area contributed by atoms with E-state index in [-0.39, 0.29) is 11.1 Å². The number of aromatic amines is 2. The Balaban J connectivity index is 1.49. The van der Waals surface area contributed by atoms with Crippen LogP contribution >= 0.6 is 0 Å². The molecule has 188 valence electrons. The number of nitrogens with one attached hydrogen (secondary N) is 2. The Kier molecular flexibility index (Phi) is 6.81. The predicted octanol–water partition coefficient (Wildman–Crippen LogP) is 3.96. The number of methoxy groups -OCH3 is 2. The van der Waals surface area contributed by atoms with Crippen molar-refractivity contribution in [3.05, 3.63) is 140 Å². The summed E-state index contributed by atoms with van der Waals surface area (Å²) >= 11 is 0. The number of hydrogen-bond acceptors (Lipinski definition) is 4. The monoisotopic (exact) mass is 496 g/mol. The van der Waals surface area contributed by atoms with Gasteiger partial charge in [0, 0.05) is 29.4 Å². The van der Waals surface area contributed by atoms with E-state index < -0.39 is 5.92 Å². The van der Waals surface area contributed by atoms with E-state index in [1.807, 2.05) is 78.9 Å². The van der Waals surface area contributed by atoms with Gasteiger partial charge in [-0.05, 0) is 41.0 Å². The van der Waals surface area contributed by atoms with E-state index in [4.69, 9.17) is 9.47 Å². The molecule has 8 nitrogen and oxygen atoms in total. The highest BCUT2D eigenvalue weighted by Crippen LogP contribution is 2.28. The lowest BCUT2D eigenvalue weighted by molar-refractivity contribution is 0.414. The van der Waals surface area contributed by atoms with Crippen molar-refractivity contribution in [3.8, 4) is 11.5 Å². The van der Waals surface area contributed by atoms with Crippen molar-refractivity contribution >= 4 is 0 Å². The molecule has 0 unspecified atom stereocenters. The van der Waals surface area contributed by atoms with E-state index in [1.165, 1.54) is 0 Å². The maximum absolute atomic E-state index is 13.5. The molecule has 0 aliphatic carbocycles. The van der Waals surface area contributed by atoms with Crippen molar-refractivity contribution in [2.45, 2.75) is 19.0 Å². The Hall–Kier alpha value is -4.72. The second kappa shape index (κ2) is 10.5. The molecule has 2 aromatic heterocycles. The zero-order chi connectivity index (χ0) is 25.8. The molecule has 0 saturated carbocycles. The Bertz CT molecular complexity index is 1470. The maximum Gasteiger partial charge on any atom is 0.270 e. The minimum Gasteiger partial charge on any atom is -0.497 e. The number of aromatic nitrogens is 4. The summed E-state index contributed by atoms with van der Waals surface area (Å²) in [6.45, 7) is 0.748. The van der Waals surface area contributed by atoms with E-state index in [1.54, 1.807) is 36.0 Å². The quantitative estimate of drug-likeness (QED) is 0.323. The van der Waals surface area contributed by atoms with Gasteiger partial charge in [-0.15, -0.1) is 0 Å². The fraction of sp³-hybridized carbons (Fsp3) is 0.172. The van der Waals surface area contributed by atoms with E-state index in [0.29, 0.717) is 24.2 Å². The van der Waals surface area contributed by atoms with Gasteiger partial charge >= 0.3 is 0 Å². The smallest absolute Gasteiger partial charge is 0.270 e. The summed E-state index contributed by atoms with van der Waals surface area (Å²) in [6, 6.07) is 24.7. The molecule has 3 aromatic carbocycles.